The Morgan fingerprint density at radius 1 is 0.846 bits per heavy atom. The summed E-state index contributed by atoms with van der Waals surface area (Å²) in [6, 6.07) is 13.4. The Morgan fingerprint density at radius 3 is 2.28 bits per heavy atom. The molecule has 1 aromatic heterocycles. The molecule has 65 heavy (non-hydrogen) atoms. The SMILES string of the molecule is CCN(CC)c1ccc(NC(=O)C2C=CC=C(C(=O)N(C)CCN(CCOC)CCOCCOCCOCCC=O)C=C2)c(-c2cc(C(=O)NCc3cccc(C(F)(F)F)c3)ccn2)c1. The number of alkyl halides is 3. The van der Waals surface area contributed by atoms with Gasteiger partial charge in [-0.1, -0.05) is 36.4 Å². The zero-order chi connectivity index (χ0) is 47.0. The number of carbonyl (C=O) groups excluding carboxylic acids is 4. The van der Waals surface area contributed by atoms with E-state index < -0.39 is 23.6 Å². The molecule has 0 saturated carbocycles. The van der Waals surface area contributed by atoms with Crippen molar-refractivity contribution in [3.8, 4) is 11.3 Å². The normalized spacial score (nSPS) is 13.6. The molecule has 0 saturated heterocycles. The van der Waals surface area contributed by atoms with E-state index in [0.29, 0.717) is 107 Å². The number of hydrogen-bond acceptors (Lipinski definition) is 11. The molecule has 2 aromatic carbocycles. The zero-order valence-electron chi connectivity index (χ0n) is 37.6. The number of nitrogens with one attached hydrogen (secondary N) is 2. The fourth-order valence-corrected chi connectivity index (χ4v) is 6.68. The van der Waals surface area contributed by atoms with Crippen molar-refractivity contribution in [3.05, 3.63) is 113 Å². The first kappa shape index (κ1) is 51.9. The third-order valence-electron chi connectivity index (χ3n) is 10.4. The number of aldehydes is 1. The second kappa shape index (κ2) is 27.6. The highest BCUT2D eigenvalue weighted by Gasteiger charge is 2.30. The average Bonchev–Trinajstić information content (AvgIpc) is 3.57. The van der Waals surface area contributed by atoms with Crippen LogP contribution >= 0.6 is 0 Å². The van der Waals surface area contributed by atoms with Crippen LogP contribution in [0.5, 0.6) is 0 Å². The van der Waals surface area contributed by atoms with Gasteiger partial charge in [-0.05, 0) is 68.0 Å². The summed E-state index contributed by atoms with van der Waals surface area (Å²) in [6.07, 6.45) is 6.51. The lowest BCUT2D eigenvalue weighted by molar-refractivity contribution is -0.137. The molecule has 1 atom stereocenters. The van der Waals surface area contributed by atoms with E-state index in [4.69, 9.17) is 18.9 Å². The standard InChI is InChI=1S/C48H61F3N6O8/c1-5-57(6-2)41-16-17-43(42(34-41)44-33-39(18-19-52-44)45(59)53-35-36-10-7-13-40(32-36)48(49,50)51)54-46(60)37-11-8-12-38(15-14-37)47(61)55(3)20-21-56(22-26-62-4)23-27-64-29-31-65-30-28-63-25-9-24-58/h7-8,10-19,24,32-34,37H,5-6,9,20-23,25-31,35H2,1-4H3,(H,53,59)(H,54,60). The molecular formula is C48H61F3N6O8. The highest BCUT2D eigenvalue weighted by atomic mass is 19.4. The molecule has 0 fully saturated rings. The Bertz CT molecular complexity index is 2090. The number of anilines is 2. The van der Waals surface area contributed by atoms with Crippen LogP contribution in [0.25, 0.3) is 11.3 Å². The minimum absolute atomic E-state index is 0.119. The molecule has 1 unspecified atom stereocenters. The summed E-state index contributed by atoms with van der Waals surface area (Å²) in [6.45, 7) is 10.7. The van der Waals surface area contributed by atoms with Crippen molar-refractivity contribution in [3.63, 3.8) is 0 Å². The Labute approximate surface area is 379 Å². The van der Waals surface area contributed by atoms with Gasteiger partial charge in [0, 0.05) is 95.0 Å². The number of ether oxygens (including phenoxy) is 4. The molecule has 352 valence electrons. The Kier molecular flexibility index (Phi) is 22.0. The number of amides is 3. The molecule has 14 nitrogen and oxygen atoms in total. The first-order valence-corrected chi connectivity index (χ1v) is 21.7. The van der Waals surface area contributed by atoms with Gasteiger partial charge in [0.25, 0.3) is 11.8 Å². The maximum absolute atomic E-state index is 13.9. The number of hydrogen-bond donors (Lipinski definition) is 2. The number of allylic oxidation sites excluding steroid dienone is 2. The summed E-state index contributed by atoms with van der Waals surface area (Å²) in [5.74, 6) is -1.80. The van der Waals surface area contributed by atoms with Crippen LogP contribution in [0.4, 0.5) is 24.5 Å². The molecule has 3 amide bonds. The van der Waals surface area contributed by atoms with Gasteiger partial charge >= 0.3 is 6.18 Å². The number of benzene rings is 2. The van der Waals surface area contributed by atoms with Crippen molar-refractivity contribution in [1.29, 1.82) is 0 Å². The molecule has 2 N–H and O–H groups in total. The van der Waals surface area contributed by atoms with Gasteiger partial charge in [0.2, 0.25) is 5.91 Å². The molecule has 3 aromatic rings. The smallest absolute Gasteiger partial charge is 0.383 e. The van der Waals surface area contributed by atoms with E-state index in [-0.39, 0.29) is 23.9 Å². The van der Waals surface area contributed by atoms with Gasteiger partial charge in [0.05, 0.1) is 69.1 Å². The lowest BCUT2D eigenvalue weighted by Gasteiger charge is -2.25. The van der Waals surface area contributed by atoms with Crippen LogP contribution in [-0.2, 0) is 46.1 Å². The highest BCUT2D eigenvalue weighted by molar-refractivity contribution is 6.01. The van der Waals surface area contributed by atoms with Crippen molar-refractivity contribution >= 4 is 35.4 Å². The third kappa shape index (κ3) is 17.3. The van der Waals surface area contributed by atoms with Gasteiger partial charge in [-0.3, -0.25) is 24.3 Å². The predicted molar refractivity (Wildman–Crippen MR) is 243 cm³/mol. The predicted octanol–water partition coefficient (Wildman–Crippen LogP) is 6.20. The van der Waals surface area contributed by atoms with Crippen molar-refractivity contribution in [1.82, 2.24) is 20.1 Å². The van der Waals surface area contributed by atoms with E-state index in [1.54, 1.807) is 61.6 Å². The number of rotatable bonds is 28. The molecule has 0 spiro atoms. The monoisotopic (exact) mass is 906 g/mol. The number of nitrogens with zero attached hydrogens (tertiary/aromatic N) is 4. The molecule has 0 aliphatic heterocycles. The van der Waals surface area contributed by atoms with Crippen LogP contribution in [0.2, 0.25) is 0 Å². The molecule has 1 aliphatic rings. The van der Waals surface area contributed by atoms with E-state index in [0.717, 1.165) is 37.2 Å². The van der Waals surface area contributed by atoms with Gasteiger partial charge in [-0.2, -0.15) is 13.2 Å². The van der Waals surface area contributed by atoms with Crippen LogP contribution in [0.3, 0.4) is 0 Å². The average molecular weight is 907 g/mol. The molecule has 1 heterocycles. The number of aromatic nitrogens is 1. The van der Waals surface area contributed by atoms with Crippen LogP contribution in [0, 0.1) is 5.92 Å². The minimum Gasteiger partial charge on any atom is -0.383 e. The number of carbonyl (C=O) groups is 4. The Hall–Kier alpha value is -5.72. The van der Waals surface area contributed by atoms with Crippen molar-refractivity contribution in [2.45, 2.75) is 33.0 Å². The highest BCUT2D eigenvalue weighted by Crippen LogP contribution is 2.33. The van der Waals surface area contributed by atoms with Crippen LogP contribution in [-0.4, -0.2) is 138 Å². The molecule has 0 radical (unpaired) electrons. The summed E-state index contributed by atoms with van der Waals surface area (Å²) in [5.41, 5.74) is 2.41. The van der Waals surface area contributed by atoms with Crippen LogP contribution < -0.4 is 15.5 Å². The zero-order valence-corrected chi connectivity index (χ0v) is 37.6. The number of halogens is 3. The number of likely N-dealkylation sites (N-methyl/N-ethyl adjacent to an activating group) is 1. The first-order chi connectivity index (χ1) is 31.4. The van der Waals surface area contributed by atoms with Gasteiger partial charge in [-0.25, -0.2) is 0 Å². The number of pyridine rings is 1. The van der Waals surface area contributed by atoms with E-state index in [1.165, 1.54) is 24.4 Å². The van der Waals surface area contributed by atoms with E-state index in [1.807, 2.05) is 26.0 Å². The summed E-state index contributed by atoms with van der Waals surface area (Å²) in [5, 5.41) is 5.71. The Morgan fingerprint density at radius 2 is 1.57 bits per heavy atom. The summed E-state index contributed by atoms with van der Waals surface area (Å²) in [7, 11) is 3.37. The maximum Gasteiger partial charge on any atom is 0.416 e. The van der Waals surface area contributed by atoms with Crippen molar-refractivity contribution in [2.24, 2.45) is 5.92 Å². The quantitative estimate of drug-likeness (QED) is 0.0634. The van der Waals surface area contributed by atoms with Crippen LogP contribution in [0.1, 0.15) is 41.8 Å². The fourth-order valence-electron chi connectivity index (χ4n) is 6.68. The topological polar surface area (TPSA) is 152 Å². The first-order valence-electron chi connectivity index (χ1n) is 21.7. The summed E-state index contributed by atoms with van der Waals surface area (Å²) < 4.78 is 61.6. The summed E-state index contributed by atoms with van der Waals surface area (Å²) >= 11 is 0. The van der Waals surface area contributed by atoms with Gasteiger partial charge in [-0.15, -0.1) is 0 Å². The fraction of sp³-hybridized carbons (Fsp3) is 0.438. The lowest BCUT2D eigenvalue weighted by Crippen LogP contribution is -2.39. The minimum atomic E-state index is -4.51. The molecule has 17 heteroatoms. The molecular weight excluding hydrogens is 846 g/mol. The second-order valence-corrected chi connectivity index (χ2v) is 14.9. The van der Waals surface area contributed by atoms with Gasteiger partial charge in [0.1, 0.15) is 6.29 Å². The molecule has 0 bridgehead atoms. The lowest BCUT2D eigenvalue weighted by atomic mass is 10.0. The van der Waals surface area contributed by atoms with E-state index in [9.17, 15) is 32.3 Å². The van der Waals surface area contributed by atoms with Crippen molar-refractivity contribution in [2.75, 3.05) is 110 Å². The van der Waals surface area contributed by atoms with E-state index >= 15 is 0 Å². The van der Waals surface area contributed by atoms with Gasteiger partial charge in [0.15, 0.2) is 0 Å². The van der Waals surface area contributed by atoms with Crippen molar-refractivity contribution < 1.29 is 51.3 Å². The van der Waals surface area contributed by atoms with E-state index in [2.05, 4.69) is 25.4 Å². The van der Waals surface area contributed by atoms with Gasteiger partial charge < -0.3 is 44.2 Å². The largest absolute Gasteiger partial charge is 0.416 e. The summed E-state index contributed by atoms with van der Waals surface area (Å²) in [4.78, 5) is 61.5. The number of methoxy groups -OCH3 is 1. The third-order valence-corrected chi connectivity index (χ3v) is 10.4. The molecule has 1 aliphatic carbocycles. The second-order valence-electron chi connectivity index (χ2n) is 14.9. The van der Waals surface area contributed by atoms with Crippen LogP contribution in [0.15, 0.2) is 96.7 Å². The maximum atomic E-state index is 13.9. The Balaban J connectivity index is 1.37. The molecule has 4 rings (SSSR count).